The number of ether oxygens (including phenoxy) is 1. The standard InChI is InChI=1S/C14H22N2O2/c1-13(2,3)16-12(17)18-14(4,5)10-7-6-8-11(15)9-10/h6-9H,15H2,1-5H3,(H,16,17). The molecule has 4 heteroatoms. The minimum atomic E-state index is -0.718. The van der Waals surface area contributed by atoms with Gasteiger partial charge in [0.2, 0.25) is 0 Å². The summed E-state index contributed by atoms with van der Waals surface area (Å²) in [6.45, 7) is 9.39. The van der Waals surface area contributed by atoms with E-state index in [2.05, 4.69) is 5.32 Å². The molecule has 0 atom stereocenters. The Hall–Kier alpha value is -1.71. The van der Waals surface area contributed by atoms with Gasteiger partial charge in [0.05, 0.1) is 0 Å². The molecular formula is C14H22N2O2. The maximum atomic E-state index is 11.8. The van der Waals surface area contributed by atoms with Crippen LogP contribution in [0.2, 0.25) is 0 Å². The molecule has 0 unspecified atom stereocenters. The van der Waals surface area contributed by atoms with Crippen molar-refractivity contribution in [3.63, 3.8) is 0 Å². The number of nitrogen functional groups attached to an aromatic ring is 1. The predicted molar refractivity (Wildman–Crippen MR) is 73.3 cm³/mol. The monoisotopic (exact) mass is 250 g/mol. The normalized spacial score (nSPS) is 12.1. The van der Waals surface area contributed by atoms with Crippen molar-refractivity contribution in [2.75, 3.05) is 5.73 Å². The number of hydrogen-bond donors (Lipinski definition) is 2. The average Bonchev–Trinajstić information content (AvgIpc) is 2.13. The van der Waals surface area contributed by atoms with Crippen LogP contribution in [-0.2, 0) is 10.3 Å². The molecule has 0 aliphatic carbocycles. The lowest BCUT2D eigenvalue weighted by atomic mass is 9.98. The van der Waals surface area contributed by atoms with Gasteiger partial charge in [-0.1, -0.05) is 12.1 Å². The molecule has 0 bridgehead atoms. The second-order valence-electron chi connectivity index (χ2n) is 5.90. The molecule has 0 aliphatic rings. The number of anilines is 1. The minimum Gasteiger partial charge on any atom is -0.439 e. The molecule has 0 heterocycles. The summed E-state index contributed by atoms with van der Waals surface area (Å²) >= 11 is 0. The maximum Gasteiger partial charge on any atom is 0.408 e. The van der Waals surface area contributed by atoms with Gasteiger partial charge in [0.15, 0.2) is 0 Å². The number of hydrogen-bond acceptors (Lipinski definition) is 3. The zero-order chi connectivity index (χ0) is 14.0. The van der Waals surface area contributed by atoms with Crippen molar-refractivity contribution in [2.45, 2.75) is 45.8 Å². The van der Waals surface area contributed by atoms with Gasteiger partial charge in [0, 0.05) is 11.2 Å². The Bertz CT molecular complexity index is 434. The van der Waals surface area contributed by atoms with Gasteiger partial charge in [-0.25, -0.2) is 4.79 Å². The smallest absolute Gasteiger partial charge is 0.408 e. The second-order valence-corrected chi connectivity index (χ2v) is 5.90. The first-order valence-corrected chi connectivity index (χ1v) is 5.97. The topological polar surface area (TPSA) is 64.3 Å². The van der Waals surface area contributed by atoms with E-state index in [4.69, 9.17) is 10.5 Å². The summed E-state index contributed by atoms with van der Waals surface area (Å²) in [7, 11) is 0. The summed E-state index contributed by atoms with van der Waals surface area (Å²) in [4.78, 5) is 11.8. The lowest BCUT2D eigenvalue weighted by molar-refractivity contribution is 0.0322. The Labute approximate surface area is 109 Å². The molecule has 4 nitrogen and oxygen atoms in total. The lowest BCUT2D eigenvalue weighted by Crippen LogP contribution is -2.43. The number of carbonyl (C=O) groups excluding carboxylic acids is 1. The van der Waals surface area contributed by atoms with Crippen LogP contribution in [0.25, 0.3) is 0 Å². The molecule has 1 rings (SSSR count). The van der Waals surface area contributed by atoms with E-state index in [-0.39, 0.29) is 5.54 Å². The van der Waals surface area contributed by atoms with Crippen molar-refractivity contribution < 1.29 is 9.53 Å². The molecule has 0 saturated carbocycles. The van der Waals surface area contributed by atoms with Gasteiger partial charge >= 0.3 is 6.09 Å². The number of amides is 1. The third kappa shape index (κ3) is 4.28. The number of carbonyl (C=O) groups is 1. The summed E-state index contributed by atoms with van der Waals surface area (Å²) in [6.07, 6.45) is -0.435. The number of nitrogens with two attached hydrogens (primary N) is 1. The number of alkyl carbamates (subject to hydrolysis) is 1. The van der Waals surface area contributed by atoms with Crippen LogP contribution in [0.3, 0.4) is 0 Å². The van der Waals surface area contributed by atoms with Crippen LogP contribution in [0.15, 0.2) is 24.3 Å². The summed E-state index contributed by atoms with van der Waals surface area (Å²) in [5.74, 6) is 0. The average molecular weight is 250 g/mol. The zero-order valence-corrected chi connectivity index (χ0v) is 11.7. The first-order valence-electron chi connectivity index (χ1n) is 5.97. The molecule has 0 fully saturated rings. The second kappa shape index (κ2) is 4.88. The van der Waals surface area contributed by atoms with E-state index in [1.54, 1.807) is 6.07 Å². The highest BCUT2D eigenvalue weighted by Crippen LogP contribution is 2.26. The van der Waals surface area contributed by atoms with Gasteiger partial charge in [-0.3, -0.25) is 0 Å². The van der Waals surface area contributed by atoms with Gasteiger partial charge in [-0.2, -0.15) is 0 Å². The fraction of sp³-hybridized carbons (Fsp3) is 0.500. The van der Waals surface area contributed by atoms with Crippen LogP contribution >= 0.6 is 0 Å². The molecule has 0 saturated heterocycles. The Morgan fingerprint density at radius 3 is 2.33 bits per heavy atom. The van der Waals surface area contributed by atoms with Crippen LogP contribution in [0.1, 0.15) is 40.2 Å². The Morgan fingerprint density at radius 2 is 1.83 bits per heavy atom. The van der Waals surface area contributed by atoms with E-state index >= 15 is 0 Å². The molecule has 0 radical (unpaired) electrons. The third-order valence-corrected chi connectivity index (χ3v) is 2.41. The fourth-order valence-corrected chi connectivity index (χ4v) is 1.54. The van der Waals surface area contributed by atoms with Gasteiger partial charge in [-0.05, 0) is 52.3 Å². The van der Waals surface area contributed by atoms with Crippen molar-refractivity contribution in [2.24, 2.45) is 0 Å². The number of nitrogens with one attached hydrogen (secondary N) is 1. The van der Waals surface area contributed by atoms with Crippen molar-refractivity contribution in [3.05, 3.63) is 29.8 Å². The van der Waals surface area contributed by atoms with Crippen LogP contribution in [0.4, 0.5) is 10.5 Å². The van der Waals surface area contributed by atoms with E-state index in [9.17, 15) is 4.79 Å². The SMILES string of the molecule is CC(C)(C)NC(=O)OC(C)(C)c1cccc(N)c1. The lowest BCUT2D eigenvalue weighted by Gasteiger charge is -2.28. The molecule has 1 aromatic carbocycles. The molecule has 3 N–H and O–H groups in total. The van der Waals surface area contributed by atoms with Gasteiger partial charge in [0.1, 0.15) is 5.60 Å². The van der Waals surface area contributed by atoms with Crippen LogP contribution in [0, 0.1) is 0 Å². The Kier molecular flexibility index (Phi) is 3.89. The van der Waals surface area contributed by atoms with Crippen molar-refractivity contribution in [1.29, 1.82) is 0 Å². The first-order chi connectivity index (χ1) is 8.10. The molecule has 18 heavy (non-hydrogen) atoms. The Morgan fingerprint density at radius 1 is 1.22 bits per heavy atom. The molecule has 1 aromatic rings. The highest BCUT2D eigenvalue weighted by Gasteiger charge is 2.27. The van der Waals surface area contributed by atoms with Crippen LogP contribution < -0.4 is 11.1 Å². The van der Waals surface area contributed by atoms with E-state index in [1.807, 2.05) is 52.8 Å². The zero-order valence-electron chi connectivity index (χ0n) is 11.7. The largest absolute Gasteiger partial charge is 0.439 e. The minimum absolute atomic E-state index is 0.317. The third-order valence-electron chi connectivity index (χ3n) is 2.41. The first kappa shape index (κ1) is 14.4. The Balaban J connectivity index is 2.79. The van der Waals surface area contributed by atoms with Crippen molar-refractivity contribution in [1.82, 2.24) is 5.32 Å². The van der Waals surface area contributed by atoms with Crippen molar-refractivity contribution >= 4 is 11.8 Å². The molecule has 0 spiro atoms. The van der Waals surface area contributed by atoms with Crippen LogP contribution in [0.5, 0.6) is 0 Å². The maximum absolute atomic E-state index is 11.8. The van der Waals surface area contributed by atoms with E-state index in [0.29, 0.717) is 5.69 Å². The summed E-state index contributed by atoms with van der Waals surface area (Å²) in [5, 5.41) is 2.77. The highest BCUT2D eigenvalue weighted by atomic mass is 16.6. The van der Waals surface area contributed by atoms with E-state index in [1.165, 1.54) is 0 Å². The van der Waals surface area contributed by atoms with Crippen molar-refractivity contribution in [3.8, 4) is 0 Å². The molecule has 0 aliphatic heterocycles. The van der Waals surface area contributed by atoms with E-state index < -0.39 is 11.7 Å². The fourth-order valence-electron chi connectivity index (χ4n) is 1.54. The number of benzene rings is 1. The number of rotatable bonds is 2. The molecule has 0 aromatic heterocycles. The van der Waals surface area contributed by atoms with E-state index in [0.717, 1.165) is 5.56 Å². The van der Waals surface area contributed by atoms with Gasteiger partial charge in [0.25, 0.3) is 0 Å². The predicted octanol–water partition coefficient (Wildman–Crippen LogP) is 3.03. The summed E-state index contributed by atoms with van der Waals surface area (Å²) < 4.78 is 5.45. The molecule has 100 valence electrons. The quantitative estimate of drug-likeness (QED) is 0.793. The highest BCUT2D eigenvalue weighted by molar-refractivity contribution is 5.68. The molecule has 1 amide bonds. The molecular weight excluding hydrogens is 228 g/mol. The van der Waals surface area contributed by atoms with Gasteiger partial charge in [-0.15, -0.1) is 0 Å². The van der Waals surface area contributed by atoms with Gasteiger partial charge < -0.3 is 15.8 Å². The summed E-state index contributed by atoms with van der Waals surface area (Å²) in [5.41, 5.74) is 6.22. The van der Waals surface area contributed by atoms with Crippen LogP contribution in [-0.4, -0.2) is 11.6 Å². The summed E-state index contributed by atoms with van der Waals surface area (Å²) in [6, 6.07) is 7.34.